The molecule has 1 aromatic carbocycles. The SMILES string of the molecule is C[C@H]1COc2nc(C(=O)NCCN(C)C)c(Cc3ccc(F)cc3)cc2N1. The van der Waals surface area contributed by atoms with E-state index in [0.717, 1.165) is 23.4 Å². The first kappa shape index (κ1) is 19.1. The molecule has 0 saturated heterocycles. The number of benzene rings is 1. The molecule has 3 rings (SSSR count). The summed E-state index contributed by atoms with van der Waals surface area (Å²) in [5, 5.41) is 6.24. The van der Waals surface area contributed by atoms with Gasteiger partial charge in [-0.15, -0.1) is 0 Å². The number of amides is 1. The zero-order valence-corrected chi connectivity index (χ0v) is 15.9. The smallest absolute Gasteiger partial charge is 0.270 e. The summed E-state index contributed by atoms with van der Waals surface area (Å²) in [5.74, 6) is -0.0828. The quantitative estimate of drug-likeness (QED) is 0.815. The van der Waals surface area contributed by atoms with Gasteiger partial charge in [-0.25, -0.2) is 9.37 Å². The molecule has 2 heterocycles. The van der Waals surface area contributed by atoms with Crippen molar-refractivity contribution in [1.82, 2.24) is 15.2 Å². The molecule has 1 atom stereocenters. The van der Waals surface area contributed by atoms with Crippen molar-refractivity contribution < 1.29 is 13.9 Å². The molecule has 1 aliphatic rings. The maximum absolute atomic E-state index is 13.2. The summed E-state index contributed by atoms with van der Waals surface area (Å²) < 4.78 is 18.9. The second kappa shape index (κ2) is 8.35. The van der Waals surface area contributed by atoms with Crippen LogP contribution in [0.25, 0.3) is 0 Å². The zero-order valence-electron chi connectivity index (χ0n) is 15.9. The first-order valence-electron chi connectivity index (χ1n) is 9.03. The summed E-state index contributed by atoms with van der Waals surface area (Å²) in [4.78, 5) is 19.2. The molecule has 2 N–H and O–H groups in total. The zero-order chi connectivity index (χ0) is 19.4. The first-order valence-corrected chi connectivity index (χ1v) is 9.03. The fourth-order valence-electron chi connectivity index (χ4n) is 2.89. The molecule has 0 saturated carbocycles. The average Bonchev–Trinajstić information content (AvgIpc) is 2.62. The lowest BCUT2D eigenvalue weighted by molar-refractivity contribution is 0.0944. The number of carbonyl (C=O) groups is 1. The molecular weight excluding hydrogens is 347 g/mol. The maximum Gasteiger partial charge on any atom is 0.270 e. The molecule has 2 aromatic rings. The van der Waals surface area contributed by atoms with E-state index in [4.69, 9.17) is 4.74 Å². The van der Waals surface area contributed by atoms with Gasteiger partial charge in [-0.05, 0) is 56.8 Å². The van der Waals surface area contributed by atoms with Crippen LogP contribution in [0.4, 0.5) is 10.1 Å². The van der Waals surface area contributed by atoms with E-state index in [-0.39, 0.29) is 17.8 Å². The summed E-state index contributed by atoms with van der Waals surface area (Å²) >= 11 is 0. The van der Waals surface area contributed by atoms with E-state index in [1.54, 1.807) is 12.1 Å². The van der Waals surface area contributed by atoms with Gasteiger partial charge in [0.15, 0.2) is 0 Å². The van der Waals surface area contributed by atoms with Crippen LogP contribution >= 0.6 is 0 Å². The van der Waals surface area contributed by atoms with Crippen LogP contribution in [0.15, 0.2) is 30.3 Å². The van der Waals surface area contributed by atoms with E-state index < -0.39 is 0 Å². The normalized spacial score (nSPS) is 15.7. The fourth-order valence-corrected chi connectivity index (χ4v) is 2.89. The van der Waals surface area contributed by atoms with Gasteiger partial charge < -0.3 is 20.3 Å². The Labute approximate surface area is 158 Å². The van der Waals surface area contributed by atoms with Crippen LogP contribution in [-0.4, -0.2) is 55.6 Å². The number of aromatic nitrogens is 1. The monoisotopic (exact) mass is 372 g/mol. The van der Waals surface area contributed by atoms with Crippen LogP contribution in [0.2, 0.25) is 0 Å². The second-order valence-electron chi connectivity index (χ2n) is 7.07. The third-order valence-electron chi connectivity index (χ3n) is 4.31. The Morgan fingerprint density at radius 3 is 2.81 bits per heavy atom. The molecule has 27 heavy (non-hydrogen) atoms. The minimum Gasteiger partial charge on any atom is -0.474 e. The van der Waals surface area contributed by atoms with Crippen LogP contribution in [-0.2, 0) is 6.42 Å². The number of fused-ring (bicyclic) bond motifs is 1. The van der Waals surface area contributed by atoms with Gasteiger partial charge in [-0.2, -0.15) is 0 Å². The number of rotatable bonds is 6. The van der Waals surface area contributed by atoms with Gasteiger partial charge in [0.05, 0.1) is 11.7 Å². The molecule has 1 aliphatic heterocycles. The molecule has 0 spiro atoms. The van der Waals surface area contributed by atoms with E-state index in [2.05, 4.69) is 15.6 Å². The van der Waals surface area contributed by atoms with Crippen molar-refractivity contribution in [3.05, 3.63) is 53.0 Å². The lowest BCUT2D eigenvalue weighted by Gasteiger charge is -2.25. The summed E-state index contributed by atoms with van der Waals surface area (Å²) in [6.45, 7) is 3.78. The van der Waals surface area contributed by atoms with E-state index in [9.17, 15) is 9.18 Å². The van der Waals surface area contributed by atoms with Gasteiger partial charge in [0.2, 0.25) is 5.88 Å². The Morgan fingerprint density at radius 1 is 1.37 bits per heavy atom. The number of carbonyl (C=O) groups excluding carboxylic acids is 1. The number of likely N-dealkylation sites (N-methyl/N-ethyl adjacent to an activating group) is 1. The molecule has 144 valence electrons. The Morgan fingerprint density at radius 2 is 2.11 bits per heavy atom. The Kier molecular flexibility index (Phi) is 5.91. The minimum absolute atomic E-state index is 0.165. The number of halogens is 1. The van der Waals surface area contributed by atoms with Crippen LogP contribution in [0, 0.1) is 5.82 Å². The standard InChI is InChI=1S/C20H25FN4O2/c1-13-12-27-20-17(23-13)11-15(10-14-4-6-16(21)7-5-14)18(24-20)19(26)22-8-9-25(2)3/h4-7,11,13,23H,8-10,12H2,1-3H3,(H,22,26)/t13-/m0/s1. The van der Waals surface area contributed by atoms with Crippen molar-refractivity contribution in [2.24, 2.45) is 0 Å². The second-order valence-corrected chi connectivity index (χ2v) is 7.07. The minimum atomic E-state index is -0.284. The molecule has 0 radical (unpaired) electrons. The third-order valence-corrected chi connectivity index (χ3v) is 4.31. The molecule has 1 aromatic heterocycles. The Balaban J connectivity index is 1.89. The average molecular weight is 372 g/mol. The predicted octanol–water partition coefficient (Wildman–Crippen LogP) is 2.30. The van der Waals surface area contributed by atoms with Crippen LogP contribution in [0.3, 0.4) is 0 Å². The van der Waals surface area contributed by atoms with Gasteiger partial charge in [0.25, 0.3) is 5.91 Å². The summed E-state index contributed by atoms with van der Waals surface area (Å²) in [5.41, 5.74) is 2.79. The van der Waals surface area contributed by atoms with Gasteiger partial charge in [0.1, 0.15) is 18.1 Å². The van der Waals surface area contributed by atoms with Crippen LogP contribution in [0.5, 0.6) is 5.88 Å². The highest BCUT2D eigenvalue weighted by Crippen LogP contribution is 2.30. The molecule has 7 heteroatoms. The topological polar surface area (TPSA) is 66.5 Å². The molecule has 6 nitrogen and oxygen atoms in total. The number of nitrogens with one attached hydrogen (secondary N) is 2. The largest absolute Gasteiger partial charge is 0.474 e. The molecule has 0 unspecified atom stereocenters. The highest BCUT2D eigenvalue weighted by atomic mass is 19.1. The third kappa shape index (κ3) is 4.95. The van der Waals surface area contributed by atoms with Crippen LogP contribution < -0.4 is 15.4 Å². The predicted molar refractivity (Wildman–Crippen MR) is 103 cm³/mol. The van der Waals surface area contributed by atoms with Crippen molar-refractivity contribution in [3.8, 4) is 5.88 Å². The van der Waals surface area contributed by atoms with Gasteiger partial charge in [0, 0.05) is 13.1 Å². The highest BCUT2D eigenvalue weighted by molar-refractivity contribution is 5.94. The van der Waals surface area contributed by atoms with Gasteiger partial charge in [-0.1, -0.05) is 12.1 Å². The first-order chi connectivity index (χ1) is 12.9. The van der Waals surface area contributed by atoms with Crippen molar-refractivity contribution >= 4 is 11.6 Å². The van der Waals surface area contributed by atoms with Crippen molar-refractivity contribution in [2.45, 2.75) is 19.4 Å². The van der Waals surface area contributed by atoms with Gasteiger partial charge in [-0.3, -0.25) is 4.79 Å². The van der Waals surface area contributed by atoms with Crippen molar-refractivity contribution in [2.75, 3.05) is 39.1 Å². The highest BCUT2D eigenvalue weighted by Gasteiger charge is 2.22. The fraction of sp³-hybridized carbons (Fsp3) is 0.400. The molecule has 0 bridgehead atoms. The summed E-state index contributed by atoms with van der Waals surface area (Å²) in [6.07, 6.45) is 0.479. The van der Waals surface area contributed by atoms with E-state index in [1.807, 2.05) is 32.0 Å². The number of hydrogen-bond acceptors (Lipinski definition) is 5. The number of pyridine rings is 1. The lowest BCUT2D eigenvalue weighted by atomic mass is 10.0. The summed E-state index contributed by atoms with van der Waals surface area (Å²) in [7, 11) is 3.90. The van der Waals surface area contributed by atoms with Crippen molar-refractivity contribution in [1.29, 1.82) is 0 Å². The Hall–Kier alpha value is -2.67. The summed E-state index contributed by atoms with van der Waals surface area (Å²) in [6, 6.07) is 8.34. The van der Waals surface area contributed by atoms with E-state index >= 15 is 0 Å². The maximum atomic E-state index is 13.2. The molecule has 1 amide bonds. The van der Waals surface area contributed by atoms with Crippen molar-refractivity contribution in [3.63, 3.8) is 0 Å². The number of hydrogen-bond donors (Lipinski definition) is 2. The molecule has 0 fully saturated rings. The van der Waals surface area contributed by atoms with Crippen LogP contribution in [0.1, 0.15) is 28.5 Å². The van der Waals surface area contributed by atoms with Gasteiger partial charge >= 0.3 is 0 Å². The van der Waals surface area contributed by atoms with E-state index in [1.165, 1.54) is 12.1 Å². The number of ether oxygens (including phenoxy) is 1. The number of anilines is 1. The Bertz CT molecular complexity index is 808. The van der Waals surface area contributed by atoms with E-state index in [0.29, 0.717) is 31.1 Å². The number of nitrogens with zero attached hydrogens (tertiary/aromatic N) is 2. The molecular formula is C20H25FN4O2. The molecule has 0 aliphatic carbocycles. The lowest BCUT2D eigenvalue weighted by Crippen LogP contribution is -2.33.